The molecular weight excluding hydrogens is 270 g/mol. The Labute approximate surface area is 121 Å². The maximum absolute atomic E-state index is 12.4. The molecule has 0 atom stereocenters. The topological polar surface area (TPSA) is 46.2 Å². The lowest BCUT2D eigenvalue weighted by molar-refractivity contribution is -0.116. The van der Waals surface area contributed by atoms with E-state index in [-0.39, 0.29) is 11.7 Å². The number of rotatable bonds is 3. The maximum Gasteiger partial charge on any atom is 0.224 e. The highest BCUT2D eigenvalue weighted by molar-refractivity contribution is 7.14. The summed E-state index contributed by atoms with van der Waals surface area (Å²) >= 11 is 1.55. The average Bonchev–Trinajstić information content (AvgIpc) is 2.95. The van der Waals surface area contributed by atoms with Crippen LogP contribution < -0.4 is 5.32 Å². The molecule has 2 heterocycles. The number of thiophene rings is 1. The Morgan fingerprint density at radius 2 is 2.10 bits per heavy atom. The molecule has 102 valence electrons. The van der Waals surface area contributed by atoms with Crippen molar-refractivity contribution in [1.29, 1.82) is 0 Å². The molecule has 1 aromatic heterocycles. The largest absolute Gasteiger partial charge is 0.326 e. The molecule has 0 spiro atoms. The Morgan fingerprint density at radius 3 is 2.85 bits per heavy atom. The second kappa shape index (κ2) is 5.21. The first-order valence-electron chi connectivity index (χ1n) is 6.73. The molecule has 0 saturated carbocycles. The van der Waals surface area contributed by atoms with E-state index in [9.17, 15) is 9.59 Å². The highest BCUT2D eigenvalue weighted by Crippen LogP contribution is 2.26. The average molecular weight is 285 g/mol. The van der Waals surface area contributed by atoms with Crippen molar-refractivity contribution in [1.82, 2.24) is 0 Å². The van der Waals surface area contributed by atoms with Crippen LogP contribution in [0.4, 0.5) is 5.69 Å². The number of aryl methyl sites for hydroxylation is 2. The molecule has 0 fully saturated rings. The van der Waals surface area contributed by atoms with E-state index in [4.69, 9.17) is 0 Å². The summed E-state index contributed by atoms with van der Waals surface area (Å²) in [5.41, 5.74) is 2.57. The van der Waals surface area contributed by atoms with Crippen molar-refractivity contribution >= 4 is 28.7 Å². The Bertz CT molecular complexity index is 688. The number of amides is 1. The molecule has 0 saturated heterocycles. The second-order valence-corrected chi connectivity index (χ2v) is 6.04. The fraction of sp³-hybridized carbons (Fsp3) is 0.250. The van der Waals surface area contributed by atoms with E-state index in [2.05, 4.69) is 12.2 Å². The number of carbonyl (C=O) groups excluding carboxylic acids is 2. The lowest BCUT2D eigenvalue weighted by Crippen LogP contribution is -2.19. The smallest absolute Gasteiger partial charge is 0.224 e. The van der Waals surface area contributed by atoms with Gasteiger partial charge < -0.3 is 5.32 Å². The van der Waals surface area contributed by atoms with Crippen molar-refractivity contribution in [2.45, 2.75) is 26.2 Å². The molecule has 1 aliphatic rings. The predicted octanol–water partition coefficient (Wildman–Crippen LogP) is 3.43. The summed E-state index contributed by atoms with van der Waals surface area (Å²) in [7, 11) is 0. The number of fused-ring (bicyclic) bond motifs is 1. The van der Waals surface area contributed by atoms with Crippen molar-refractivity contribution in [2.24, 2.45) is 0 Å². The zero-order chi connectivity index (χ0) is 14.1. The van der Waals surface area contributed by atoms with E-state index in [1.54, 1.807) is 17.4 Å². The van der Waals surface area contributed by atoms with E-state index in [1.165, 1.54) is 4.88 Å². The van der Waals surface area contributed by atoms with E-state index in [1.807, 2.05) is 24.3 Å². The summed E-state index contributed by atoms with van der Waals surface area (Å²) in [5.74, 6) is 0.108. The number of benzene rings is 1. The number of carbonyl (C=O) groups is 2. The van der Waals surface area contributed by atoms with Gasteiger partial charge in [-0.3, -0.25) is 9.59 Å². The van der Waals surface area contributed by atoms with Gasteiger partial charge in [-0.2, -0.15) is 0 Å². The standard InChI is InChI=1S/C16H15NO2S/c1-2-12-5-7-14(20-12)16(19)11-3-6-13-10(9-11)4-8-15(18)17-13/h3,5-7,9H,2,4,8H2,1H3,(H,17,18). The Hall–Kier alpha value is -1.94. The molecule has 20 heavy (non-hydrogen) atoms. The Morgan fingerprint density at radius 1 is 1.25 bits per heavy atom. The van der Waals surface area contributed by atoms with Crippen LogP contribution in [-0.2, 0) is 17.6 Å². The fourth-order valence-corrected chi connectivity index (χ4v) is 3.27. The van der Waals surface area contributed by atoms with Crippen molar-refractivity contribution in [2.75, 3.05) is 5.32 Å². The normalized spacial score (nSPS) is 13.8. The van der Waals surface area contributed by atoms with E-state index in [0.29, 0.717) is 18.4 Å². The summed E-state index contributed by atoms with van der Waals surface area (Å²) in [6.45, 7) is 2.08. The zero-order valence-electron chi connectivity index (χ0n) is 11.2. The van der Waals surface area contributed by atoms with Crippen LogP contribution in [0.25, 0.3) is 0 Å². The van der Waals surface area contributed by atoms with Crippen LogP contribution in [0, 0.1) is 0 Å². The van der Waals surface area contributed by atoms with E-state index in [0.717, 1.165) is 22.5 Å². The van der Waals surface area contributed by atoms with E-state index < -0.39 is 0 Å². The highest BCUT2D eigenvalue weighted by atomic mass is 32.1. The highest BCUT2D eigenvalue weighted by Gasteiger charge is 2.18. The minimum absolute atomic E-state index is 0.0439. The Kier molecular flexibility index (Phi) is 3.40. The second-order valence-electron chi connectivity index (χ2n) is 4.87. The molecule has 0 radical (unpaired) electrons. The van der Waals surface area contributed by atoms with Gasteiger partial charge in [0.2, 0.25) is 11.7 Å². The summed E-state index contributed by atoms with van der Waals surface area (Å²) < 4.78 is 0. The predicted molar refractivity (Wildman–Crippen MR) is 80.5 cm³/mol. The molecular formula is C16H15NO2S. The summed E-state index contributed by atoms with van der Waals surface area (Å²) in [6, 6.07) is 9.43. The van der Waals surface area contributed by atoms with Gasteiger partial charge in [-0.1, -0.05) is 6.92 Å². The summed E-state index contributed by atoms with van der Waals surface area (Å²) in [5, 5.41) is 2.83. The van der Waals surface area contributed by atoms with Crippen molar-refractivity contribution in [3.8, 4) is 0 Å². The summed E-state index contributed by atoms with van der Waals surface area (Å²) in [6.07, 6.45) is 2.14. The SMILES string of the molecule is CCc1ccc(C(=O)c2ccc3c(c2)CCC(=O)N3)s1. The first-order chi connectivity index (χ1) is 9.67. The fourth-order valence-electron chi connectivity index (χ4n) is 2.36. The van der Waals surface area contributed by atoms with Crippen LogP contribution in [0.3, 0.4) is 0 Å². The minimum atomic E-state index is 0.0439. The van der Waals surface area contributed by atoms with Crippen LogP contribution in [0.2, 0.25) is 0 Å². The van der Waals surface area contributed by atoms with Crippen LogP contribution in [0.15, 0.2) is 30.3 Å². The third kappa shape index (κ3) is 2.39. The first kappa shape index (κ1) is 13.1. The van der Waals surface area contributed by atoms with Crippen molar-refractivity contribution < 1.29 is 9.59 Å². The van der Waals surface area contributed by atoms with Crippen LogP contribution >= 0.6 is 11.3 Å². The van der Waals surface area contributed by atoms with Crippen molar-refractivity contribution in [3.05, 3.63) is 51.2 Å². The molecule has 1 aliphatic heterocycles. The molecule has 3 rings (SSSR count). The quantitative estimate of drug-likeness (QED) is 0.878. The molecule has 1 amide bonds. The molecule has 4 heteroatoms. The molecule has 1 aromatic carbocycles. The lowest BCUT2D eigenvalue weighted by Gasteiger charge is -2.17. The number of hydrogen-bond acceptors (Lipinski definition) is 3. The molecule has 0 bridgehead atoms. The van der Waals surface area contributed by atoms with Gasteiger partial charge in [0.15, 0.2) is 0 Å². The molecule has 3 nitrogen and oxygen atoms in total. The molecule has 2 aromatic rings. The minimum Gasteiger partial charge on any atom is -0.326 e. The summed E-state index contributed by atoms with van der Waals surface area (Å²) in [4.78, 5) is 25.8. The van der Waals surface area contributed by atoms with Crippen LogP contribution in [0.5, 0.6) is 0 Å². The molecule has 0 aliphatic carbocycles. The monoisotopic (exact) mass is 285 g/mol. The van der Waals surface area contributed by atoms with Gasteiger partial charge in [0.05, 0.1) is 4.88 Å². The lowest BCUT2D eigenvalue weighted by atomic mass is 9.98. The number of nitrogens with one attached hydrogen (secondary N) is 1. The van der Waals surface area contributed by atoms with Gasteiger partial charge in [0.1, 0.15) is 0 Å². The van der Waals surface area contributed by atoms with Gasteiger partial charge >= 0.3 is 0 Å². The number of hydrogen-bond donors (Lipinski definition) is 1. The van der Waals surface area contributed by atoms with Gasteiger partial charge in [-0.25, -0.2) is 0 Å². The van der Waals surface area contributed by atoms with Crippen molar-refractivity contribution in [3.63, 3.8) is 0 Å². The van der Waals surface area contributed by atoms with Gasteiger partial charge in [-0.05, 0) is 48.7 Å². The maximum atomic E-state index is 12.4. The zero-order valence-corrected chi connectivity index (χ0v) is 12.0. The van der Waals surface area contributed by atoms with Crippen LogP contribution in [-0.4, -0.2) is 11.7 Å². The third-order valence-corrected chi connectivity index (χ3v) is 4.73. The number of anilines is 1. The third-order valence-electron chi connectivity index (χ3n) is 3.50. The van der Waals surface area contributed by atoms with Crippen LogP contribution in [0.1, 0.15) is 39.0 Å². The Balaban J connectivity index is 1.90. The van der Waals surface area contributed by atoms with E-state index >= 15 is 0 Å². The molecule has 0 unspecified atom stereocenters. The number of ketones is 1. The molecule has 1 N–H and O–H groups in total. The van der Waals surface area contributed by atoms with Gasteiger partial charge in [-0.15, -0.1) is 11.3 Å². The first-order valence-corrected chi connectivity index (χ1v) is 7.55. The van der Waals surface area contributed by atoms with Gasteiger partial charge in [0, 0.05) is 22.5 Å². The van der Waals surface area contributed by atoms with Gasteiger partial charge in [0.25, 0.3) is 0 Å².